The van der Waals surface area contributed by atoms with Crippen molar-refractivity contribution in [3.8, 4) is 16.9 Å². The van der Waals surface area contributed by atoms with Crippen LogP contribution in [0.4, 0.5) is 13.2 Å². The predicted octanol–water partition coefficient (Wildman–Crippen LogP) is 5.62. The highest BCUT2D eigenvalue weighted by Crippen LogP contribution is 2.51. The fourth-order valence-corrected chi connectivity index (χ4v) is 6.73. The van der Waals surface area contributed by atoms with Crippen molar-refractivity contribution in [2.45, 2.75) is 31.9 Å². The van der Waals surface area contributed by atoms with Crippen LogP contribution in [0, 0.1) is 12.7 Å². The summed E-state index contributed by atoms with van der Waals surface area (Å²) >= 11 is 0. The van der Waals surface area contributed by atoms with E-state index >= 15 is 0 Å². The van der Waals surface area contributed by atoms with Gasteiger partial charge in [-0.25, -0.2) is 8.91 Å². The first-order valence-corrected chi connectivity index (χ1v) is 14.4. The van der Waals surface area contributed by atoms with Gasteiger partial charge in [0, 0.05) is 34.1 Å². The molecule has 6 rings (SSSR count). The lowest BCUT2D eigenvalue weighted by molar-refractivity contribution is -0.0505. The van der Waals surface area contributed by atoms with Crippen molar-refractivity contribution >= 4 is 23.9 Å². The van der Waals surface area contributed by atoms with Crippen molar-refractivity contribution < 1.29 is 27.3 Å². The minimum atomic E-state index is -3.03. The van der Waals surface area contributed by atoms with Crippen LogP contribution in [0.3, 0.4) is 0 Å². The summed E-state index contributed by atoms with van der Waals surface area (Å²) in [5.41, 5.74) is 5.10. The van der Waals surface area contributed by atoms with Gasteiger partial charge < -0.3 is 14.6 Å². The number of nitrogens with one attached hydrogen (secondary N) is 1. The number of alkyl halides is 2. The van der Waals surface area contributed by atoms with Gasteiger partial charge in [-0.15, -0.1) is 0 Å². The van der Waals surface area contributed by atoms with Crippen LogP contribution in [0.5, 0.6) is 5.75 Å². The van der Waals surface area contributed by atoms with E-state index in [1.807, 2.05) is 19.1 Å². The summed E-state index contributed by atoms with van der Waals surface area (Å²) in [4.78, 5) is 12.9. The molecule has 0 saturated heterocycles. The summed E-state index contributed by atoms with van der Waals surface area (Å²) in [6.45, 7) is 1.88. The lowest BCUT2D eigenvalue weighted by Gasteiger charge is -2.19. The number of rotatable bonds is 4. The number of aryl methyl sites for hydroxylation is 1. The van der Waals surface area contributed by atoms with Crippen LogP contribution in [0.2, 0.25) is 0 Å². The summed E-state index contributed by atoms with van der Waals surface area (Å²) in [5, 5.41) is 7.88. The molecule has 0 unspecified atom stereocenters. The van der Waals surface area contributed by atoms with Gasteiger partial charge in [0.05, 0.1) is 17.3 Å². The average molecular weight is 525 g/mol. The average Bonchev–Trinajstić information content (AvgIpc) is 3.31. The first-order valence-electron chi connectivity index (χ1n) is 11.8. The van der Waals surface area contributed by atoms with Gasteiger partial charge in [-0.05, 0) is 79.8 Å². The second kappa shape index (κ2) is 8.21. The number of amides is 1. The Bertz CT molecular complexity index is 1660. The maximum Gasteiger partial charge on any atom is 0.387 e. The van der Waals surface area contributed by atoms with Gasteiger partial charge in [-0.2, -0.15) is 13.9 Å². The van der Waals surface area contributed by atoms with Gasteiger partial charge in [0.1, 0.15) is 18.7 Å². The minimum absolute atomic E-state index is 0.0336. The smallest absolute Gasteiger partial charge is 0.387 e. The van der Waals surface area contributed by atoms with E-state index in [9.17, 15) is 22.5 Å². The molecule has 1 amide bonds. The zero-order valence-electron chi connectivity index (χ0n) is 20.3. The topological polar surface area (TPSA) is 72.7 Å². The molecule has 2 aromatic heterocycles. The Hall–Kier alpha value is -3.58. The van der Waals surface area contributed by atoms with Crippen LogP contribution in [-0.2, 0) is 4.57 Å². The number of carbonyl (C=O) groups excluding carboxylic acids is 1. The van der Waals surface area contributed by atoms with Crippen LogP contribution >= 0.6 is 7.14 Å². The maximum absolute atomic E-state index is 15.0. The van der Waals surface area contributed by atoms with Crippen LogP contribution in [0.15, 0.2) is 48.7 Å². The largest absolute Gasteiger partial charge is 0.434 e. The van der Waals surface area contributed by atoms with E-state index in [0.717, 1.165) is 22.2 Å². The summed E-state index contributed by atoms with van der Waals surface area (Å²) in [6.07, 6.45) is 2.22. The molecule has 1 N–H and O–H groups in total. The Morgan fingerprint density at radius 1 is 1.14 bits per heavy atom. The Morgan fingerprint density at radius 2 is 1.92 bits per heavy atom. The number of aromatic nitrogens is 2. The third kappa shape index (κ3) is 3.75. The fraction of sp³-hybridized carbons (Fsp3) is 0.259. The molecule has 1 aliphatic carbocycles. The molecule has 6 nitrogen and oxygen atoms in total. The Labute approximate surface area is 210 Å². The summed E-state index contributed by atoms with van der Waals surface area (Å²) in [6, 6.07) is 10.9. The molecule has 10 heteroatoms. The minimum Gasteiger partial charge on any atom is -0.434 e. The molecule has 1 aliphatic heterocycles. The standard InChI is InChI=1S/C27H23F3N3O3P/c1-13-9-22(37(2,3)35)18(28)11-16(13)14-7-8-33-20(10-14)24-17-12-19(25(24)32-33)31-26(34)15-5-4-6-21(23(15)17)36-27(29)30/h4-11,17,19,27H,12H2,1-3H3,(H,31,34)/t17-,19-/m1/s1. The Kier molecular flexibility index (Phi) is 5.28. The van der Waals surface area contributed by atoms with Gasteiger partial charge in [-0.1, -0.05) is 6.07 Å². The van der Waals surface area contributed by atoms with E-state index in [1.165, 1.54) is 31.5 Å². The fourth-order valence-electron chi connectivity index (χ4n) is 5.65. The van der Waals surface area contributed by atoms with Gasteiger partial charge in [0.15, 0.2) is 0 Å². The third-order valence-electron chi connectivity index (χ3n) is 7.22. The molecule has 2 bridgehead atoms. The molecule has 37 heavy (non-hydrogen) atoms. The molecule has 190 valence electrons. The Morgan fingerprint density at radius 3 is 2.65 bits per heavy atom. The van der Waals surface area contributed by atoms with E-state index in [1.54, 1.807) is 22.8 Å². The highest BCUT2D eigenvalue weighted by molar-refractivity contribution is 7.70. The van der Waals surface area contributed by atoms with Gasteiger partial charge in [0.2, 0.25) is 0 Å². The van der Waals surface area contributed by atoms with Crippen LogP contribution in [-0.4, -0.2) is 35.5 Å². The van der Waals surface area contributed by atoms with E-state index < -0.39 is 25.5 Å². The molecule has 0 saturated carbocycles. The summed E-state index contributed by atoms with van der Waals surface area (Å²) < 4.78 is 60.5. The molecule has 4 aromatic rings. The van der Waals surface area contributed by atoms with Crippen molar-refractivity contribution in [2.24, 2.45) is 0 Å². The molecule has 2 atom stereocenters. The molecule has 0 radical (unpaired) electrons. The number of hydrogen-bond acceptors (Lipinski definition) is 4. The highest BCUT2D eigenvalue weighted by atomic mass is 31.2. The Balaban J connectivity index is 1.54. The van der Waals surface area contributed by atoms with Crippen molar-refractivity contribution in [3.05, 3.63) is 82.4 Å². The molecule has 2 aliphatic rings. The van der Waals surface area contributed by atoms with Crippen LogP contribution < -0.4 is 15.4 Å². The number of fused-ring (bicyclic) bond motifs is 9. The second-order valence-electron chi connectivity index (χ2n) is 9.92. The van der Waals surface area contributed by atoms with Crippen LogP contribution in [0.25, 0.3) is 16.6 Å². The normalized spacial score (nSPS) is 18.5. The van der Waals surface area contributed by atoms with Gasteiger partial charge in [-0.3, -0.25) is 4.79 Å². The third-order valence-corrected chi connectivity index (χ3v) is 8.72. The monoisotopic (exact) mass is 525 g/mol. The number of pyridine rings is 1. The van der Waals surface area contributed by atoms with Crippen molar-refractivity contribution in [3.63, 3.8) is 0 Å². The number of nitrogens with zero attached hydrogens (tertiary/aromatic N) is 2. The van der Waals surface area contributed by atoms with Crippen molar-refractivity contribution in [1.82, 2.24) is 14.9 Å². The molecule has 3 heterocycles. The number of benzene rings is 2. The van der Waals surface area contributed by atoms with E-state index in [2.05, 4.69) is 5.32 Å². The molecule has 2 aromatic carbocycles. The lowest BCUT2D eigenvalue weighted by Crippen LogP contribution is -2.27. The molecular weight excluding hydrogens is 502 g/mol. The number of carbonyl (C=O) groups is 1. The first-order chi connectivity index (χ1) is 17.5. The predicted molar refractivity (Wildman–Crippen MR) is 134 cm³/mol. The summed E-state index contributed by atoms with van der Waals surface area (Å²) in [7, 11) is -2.79. The SMILES string of the molecule is Cc1cc(P(C)(C)=O)c(F)cc1-c1ccn2nc3c(c2c1)[C@@H]1C[C@H]3NC(=O)c2cccc(OC(F)F)c21. The summed E-state index contributed by atoms with van der Waals surface area (Å²) in [5.74, 6) is -1.32. The second-order valence-corrected chi connectivity index (χ2v) is 13.1. The van der Waals surface area contributed by atoms with Crippen molar-refractivity contribution in [2.75, 3.05) is 13.3 Å². The first kappa shape index (κ1) is 23.8. The highest BCUT2D eigenvalue weighted by Gasteiger charge is 2.43. The quantitative estimate of drug-likeness (QED) is 0.351. The van der Waals surface area contributed by atoms with E-state index in [-0.39, 0.29) is 23.0 Å². The number of ether oxygens (including phenoxy) is 1. The zero-order chi connectivity index (χ0) is 26.2. The van der Waals surface area contributed by atoms with Gasteiger partial charge >= 0.3 is 6.61 Å². The van der Waals surface area contributed by atoms with E-state index in [0.29, 0.717) is 28.8 Å². The number of halogens is 3. The molecular formula is C27H23F3N3O3P. The van der Waals surface area contributed by atoms with Gasteiger partial charge in [0.25, 0.3) is 5.91 Å². The molecule has 0 spiro atoms. The zero-order valence-corrected chi connectivity index (χ0v) is 21.2. The maximum atomic E-state index is 15.0. The lowest BCUT2D eigenvalue weighted by atomic mass is 9.88. The van der Waals surface area contributed by atoms with Crippen LogP contribution in [0.1, 0.15) is 51.1 Å². The molecule has 0 fully saturated rings. The number of hydrogen-bond donors (Lipinski definition) is 1. The van der Waals surface area contributed by atoms with Crippen molar-refractivity contribution in [1.29, 1.82) is 0 Å². The van der Waals surface area contributed by atoms with E-state index in [4.69, 9.17) is 9.84 Å².